The molecule has 2 aromatic heterocycles. The van der Waals surface area contributed by atoms with E-state index in [1.54, 1.807) is 19.3 Å². The fourth-order valence-electron chi connectivity index (χ4n) is 4.01. The molecular weight excluding hydrogens is 593 g/mol. The Morgan fingerprint density at radius 1 is 0.977 bits per heavy atom. The highest BCUT2D eigenvalue weighted by Crippen LogP contribution is 2.36. The van der Waals surface area contributed by atoms with Crippen LogP contribution in [0.25, 0.3) is 23.1 Å². The third kappa shape index (κ3) is 8.44. The van der Waals surface area contributed by atoms with Gasteiger partial charge in [0.25, 0.3) is 5.91 Å². The summed E-state index contributed by atoms with van der Waals surface area (Å²) in [4.78, 5) is 31.6. The summed E-state index contributed by atoms with van der Waals surface area (Å²) < 4.78 is 18.6. The van der Waals surface area contributed by atoms with Crippen LogP contribution in [0.4, 0.5) is 4.79 Å². The number of nitrogens with zero attached hydrogens (tertiary/aromatic N) is 3. The minimum absolute atomic E-state index is 0.0767. The predicted molar refractivity (Wildman–Crippen MR) is 178 cm³/mol. The number of rotatable bonds is 12. The number of aromatic nitrogens is 3. The summed E-state index contributed by atoms with van der Waals surface area (Å²) in [6, 6.07) is 18.8. The molecule has 0 atom stereocenters. The molecular formula is C33H40N4O5SSi. The van der Waals surface area contributed by atoms with Crippen LogP contribution in [0.2, 0.25) is 18.1 Å². The van der Waals surface area contributed by atoms with E-state index in [1.807, 2.05) is 66.7 Å². The normalized spacial score (nSPS) is 12.1. The van der Waals surface area contributed by atoms with Crippen LogP contribution in [-0.2, 0) is 13.9 Å². The zero-order valence-electron chi connectivity index (χ0n) is 26.1. The first-order valence-electron chi connectivity index (χ1n) is 14.5. The Balaban J connectivity index is 1.50. The summed E-state index contributed by atoms with van der Waals surface area (Å²) in [5.41, 5.74) is 2.53. The van der Waals surface area contributed by atoms with Crippen molar-refractivity contribution in [1.82, 2.24) is 20.1 Å². The van der Waals surface area contributed by atoms with Gasteiger partial charge in [-0.05, 0) is 72.7 Å². The van der Waals surface area contributed by atoms with Crippen LogP contribution in [0, 0.1) is 0 Å². The van der Waals surface area contributed by atoms with Gasteiger partial charge in [-0.1, -0.05) is 50.7 Å². The highest BCUT2D eigenvalue weighted by molar-refractivity contribution is 7.99. The van der Waals surface area contributed by atoms with Gasteiger partial charge in [-0.2, -0.15) is 9.78 Å². The van der Waals surface area contributed by atoms with Crippen LogP contribution >= 0.6 is 11.8 Å². The Hall–Kier alpha value is -3.77. The van der Waals surface area contributed by atoms with Crippen molar-refractivity contribution in [3.05, 3.63) is 83.8 Å². The fraction of sp³-hybridized carbons (Fsp3) is 0.333. The van der Waals surface area contributed by atoms with Crippen LogP contribution in [0.5, 0.6) is 0 Å². The molecule has 4 aromatic rings. The molecule has 0 spiro atoms. The van der Waals surface area contributed by atoms with E-state index in [0.29, 0.717) is 30.0 Å². The molecule has 0 radical (unpaired) electrons. The Morgan fingerprint density at radius 2 is 1.73 bits per heavy atom. The number of ether oxygens (including phenoxy) is 2. The van der Waals surface area contributed by atoms with Crippen LogP contribution in [0.1, 0.15) is 42.5 Å². The third-order valence-corrected chi connectivity index (χ3v) is 13.1. The maximum absolute atomic E-state index is 13.2. The molecule has 9 nitrogen and oxygen atoms in total. The molecule has 0 aliphatic rings. The number of fused-ring (bicyclic) bond motifs is 1. The summed E-state index contributed by atoms with van der Waals surface area (Å²) >= 11 is 1.43. The summed E-state index contributed by atoms with van der Waals surface area (Å²) in [7, 11) is -0.231. The molecule has 4 rings (SSSR count). The van der Waals surface area contributed by atoms with Gasteiger partial charge in [-0.3, -0.25) is 9.78 Å². The summed E-state index contributed by atoms with van der Waals surface area (Å²) in [5.74, 6) is -0.168. The van der Waals surface area contributed by atoms with E-state index >= 15 is 0 Å². The second kappa shape index (κ2) is 14.8. The minimum Gasteiger partial charge on any atom is -0.445 e. The molecule has 0 fully saturated rings. The number of amides is 1. The maximum Gasteiger partial charge on any atom is 0.435 e. The molecule has 0 saturated heterocycles. The largest absolute Gasteiger partial charge is 0.445 e. The van der Waals surface area contributed by atoms with Gasteiger partial charge in [0.1, 0.15) is 6.61 Å². The van der Waals surface area contributed by atoms with Gasteiger partial charge in [0, 0.05) is 28.4 Å². The number of carbonyl (C=O) groups is 2. The molecule has 2 heterocycles. The first-order chi connectivity index (χ1) is 21.0. The number of benzene rings is 2. The van der Waals surface area contributed by atoms with Gasteiger partial charge < -0.3 is 19.2 Å². The number of hydrogen-bond acceptors (Lipinski definition) is 8. The monoisotopic (exact) mass is 632 g/mol. The topological polar surface area (TPSA) is 105 Å². The van der Waals surface area contributed by atoms with Crippen molar-refractivity contribution in [2.45, 2.75) is 48.7 Å². The van der Waals surface area contributed by atoms with E-state index in [2.05, 4.69) is 49.3 Å². The zero-order chi connectivity index (χ0) is 31.7. The molecule has 0 unspecified atom stereocenters. The average Bonchev–Trinajstić information content (AvgIpc) is 3.37. The van der Waals surface area contributed by atoms with Crippen molar-refractivity contribution in [3.8, 4) is 0 Å². The lowest BCUT2D eigenvalue weighted by Gasteiger charge is -2.36. The van der Waals surface area contributed by atoms with Crippen LogP contribution in [0.15, 0.2) is 76.7 Å². The first kappa shape index (κ1) is 33.1. The molecule has 0 aliphatic heterocycles. The molecule has 11 heteroatoms. The summed E-state index contributed by atoms with van der Waals surface area (Å²) in [6.45, 7) is 12.3. The maximum atomic E-state index is 13.2. The van der Waals surface area contributed by atoms with Crippen molar-refractivity contribution >= 4 is 55.1 Å². The molecule has 1 amide bonds. The first-order valence-corrected chi connectivity index (χ1v) is 18.2. The van der Waals surface area contributed by atoms with Crippen molar-refractivity contribution in [2.24, 2.45) is 0 Å². The lowest BCUT2D eigenvalue weighted by atomic mass is 10.2. The SMILES string of the molecule is CNC(=O)c1ccccc1Sc1ccc2c(/C=C/c3ccccn3)nn(C(=O)OCCOCCO[Si](C)(C)C(C)(C)C)c2c1. The van der Waals surface area contributed by atoms with Crippen LogP contribution in [-0.4, -0.2) is 68.6 Å². The Labute approximate surface area is 264 Å². The van der Waals surface area contributed by atoms with Crippen molar-refractivity contribution in [2.75, 3.05) is 33.5 Å². The molecule has 232 valence electrons. The Kier molecular flexibility index (Phi) is 11.1. The smallest absolute Gasteiger partial charge is 0.435 e. The number of carbonyl (C=O) groups excluding carboxylic acids is 2. The van der Waals surface area contributed by atoms with Crippen LogP contribution in [0.3, 0.4) is 0 Å². The van der Waals surface area contributed by atoms with E-state index in [-0.39, 0.29) is 24.2 Å². The molecule has 0 saturated carbocycles. The van der Waals surface area contributed by atoms with E-state index in [9.17, 15) is 9.59 Å². The number of nitrogens with one attached hydrogen (secondary N) is 1. The van der Waals surface area contributed by atoms with E-state index < -0.39 is 14.4 Å². The predicted octanol–water partition coefficient (Wildman–Crippen LogP) is 7.14. The third-order valence-electron chi connectivity index (χ3n) is 7.49. The number of hydrogen-bond donors (Lipinski definition) is 1. The summed E-state index contributed by atoms with van der Waals surface area (Å²) in [5, 5.41) is 8.18. The average molecular weight is 633 g/mol. The lowest BCUT2D eigenvalue weighted by molar-refractivity contribution is 0.0554. The highest BCUT2D eigenvalue weighted by atomic mass is 32.2. The molecule has 0 bridgehead atoms. The quantitative estimate of drug-likeness (QED) is 0.130. The summed E-state index contributed by atoms with van der Waals surface area (Å²) in [6.07, 6.45) is 4.78. The highest BCUT2D eigenvalue weighted by Gasteiger charge is 2.36. The van der Waals surface area contributed by atoms with Crippen molar-refractivity contribution in [3.63, 3.8) is 0 Å². The van der Waals surface area contributed by atoms with E-state index in [0.717, 1.165) is 20.9 Å². The van der Waals surface area contributed by atoms with Gasteiger partial charge in [0.2, 0.25) is 0 Å². The van der Waals surface area contributed by atoms with E-state index in [4.69, 9.17) is 13.9 Å². The molecule has 1 N–H and O–H groups in total. The Bertz CT molecular complexity index is 1620. The van der Waals surface area contributed by atoms with Gasteiger partial charge in [-0.25, -0.2) is 4.79 Å². The fourth-order valence-corrected chi connectivity index (χ4v) is 6.02. The minimum atomic E-state index is -1.84. The number of pyridine rings is 1. The second-order valence-electron chi connectivity index (χ2n) is 11.6. The standard InChI is InChI=1S/C33H40N4O5SSi/c1-33(2,3)44(5,6)42-22-20-40-19-21-41-32(39)37-29-23-25(43-30-13-8-7-12-27(30)31(38)34-4)15-16-26(29)28(36-37)17-14-24-11-9-10-18-35-24/h7-18,23H,19-22H2,1-6H3,(H,34,38)/b17-14+. The molecule has 44 heavy (non-hydrogen) atoms. The second-order valence-corrected chi connectivity index (χ2v) is 17.5. The lowest BCUT2D eigenvalue weighted by Crippen LogP contribution is -2.41. The van der Waals surface area contributed by atoms with Crippen molar-refractivity contribution < 1.29 is 23.5 Å². The van der Waals surface area contributed by atoms with Gasteiger partial charge in [-0.15, -0.1) is 0 Å². The van der Waals surface area contributed by atoms with Crippen molar-refractivity contribution in [1.29, 1.82) is 0 Å². The Morgan fingerprint density at radius 3 is 2.45 bits per heavy atom. The van der Waals surface area contributed by atoms with Crippen LogP contribution < -0.4 is 5.32 Å². The zero-order valence-corrected chi connectivity index (χ0v) is 27.9. The van der Waals surface area contributed by atoms with Gasteiger partial charge >= 0.3 is 6.09 Å². The van der Waals surface area contributed by atoms with Gasteiger partial charge in [0.15, 0.2) is 8.32 Å². The van der Waals surface area contributed by atoms with Gasteiger partial charge in [0.05, 0.1) is 42.3 Å². The molecule has 0 aliphatic carbocycles. The molecule has 2 aromatic carbocycles. The van der Waals surface area contributed by atoms with E-state index in [1.165, 1.54) is 16.4 Å².